The molecule has 1 heterocycles. The molecule has 0 aliphatic carbocycles. The topological polar surface area (TPSA) is 74.6 Å². The van der Waals surface area contributed by atoms with Crippen molar-refractivity contribution in [2.75, 3.05) is 13.1 Å². The standard InChI is InChI=1S/C19H25N3O3/c1-3-22(4-2)19(24)21-17(13-15-9-6-5-7-10-15)18(23)20-14-16-11-8-12-25-16/h5-12,17H,3-4,13-14H2,1-2H3,(H,20,23)(H,21,24)/t17-/m0/s1. The minimum absolute atomic E-state index is 0.235. The number of rotatable bonds is 8. The predicted molar refractivity (Wildman–Crippen MR) is 95.9 cm³/mol. The van der Waals surface area contributed by atoms with Crippen LogP contribution in [0, 0.1) is 0 Å². The molecule has 0 radical (unpaired) electrons. The Hall–Kier alpha value is -2.76. The van der Waals surface area contributed by atoms with E-state index < -0.39 is 6.04 Å². The molecule has 1 atom stereocenters. The molecule has 6 nitrogen and oxygen atoms in total. The summed E-state index contributed by atoms with van der Waals surface area (Å²) in [6.45, 7) is 5.29. The average Bonchev–Trinajstić information content (AvgIpc) is 3.14. The molecule has 2 N–H and O–H groups in total. The fourth-order valence-corrected chi connectivity index (χ4v) is 2.52. The van der Waals surface area contributed by atoms with Crippen molar-refractivity contribution in [3.05, 3.63) is 60.1 Å². The Morgan fingerprint density at radius 3 is 2.40 bits per heavy atom. The van der Waals surface area contributed by atoms with E-state index in [1.165, 1.54) is 0 Å². The highest BCUT2D eigenvalue weighted by Gasteiger charge is 2.23. The van der Waals surface area contributed by atoms with E-state index in [1.807, 2.05) is 44.2 Å². The number of carbonyl (C=O) groups excluding carboxylic acids is 2. The summed E-state index contributed by atoms with van der Waals surface area (Å²) in [5.41, 5.74) is 0.987. The van der Waals surface area contributed by atoms with Crippen LogP contribution in [0.1, 0.15) is 25.2 Å². The monoisotopic (exact) mass is 343 g/mol. The number of nitrogens with one attached hydrogen (secondary N) is 2. The van der Waals surface area contributed by atoms with Crippen LogP contribution in [0.3, 0.4) is 0 Å². The molecule has 0 aliphatic rings. The van der Waals surface area contributed by atoms with E-state index in [-0.39, 0.29) is 18.5 Å². The fraction of sp³-hybridized carbons (Fsp3) is 0.368. The number of nitrogens with zero attached hydrogens (tertiary/aromatic N) is 1. The Kier molecular flexibility index (Phi) is 7.07. The van der Waals surface area contributed by atoms with Crippen LogP contribution in [0.4, 0.5) is 4.79 Å². The van der Waals surface area contributed by atoms with Crippen molar-refractivity contribution in [3.8, 4) is 0 Å². The molecule has 3 amide bonds. The zero-order valence-electron chi connectivity index (χ0n) is 14.7. The van der Waals surface area contributed by atoms with Crippen LogP contribution < -0.4 is 10.6 Å². The van der Waals surface area contributed by atoms with Gasteiger partial charge >= 0.3 is 6.03 Å². The van der Waals surface area contributed by atoms with Crippen LogP contribution in [-0.4, -0.2) is 36.0 Å². The first kappa shape index (κ1) is 18.6. The van der Waals surface area contributed by atoms with Gasteiger partial charge in [0.1, 0.15) is 11.8 Å². The molecular weight excluding hydrogens is 318 g/mol. The summed E-state index contributed by atoms with van der Waals surface area (Å²) in [7, 11) is 0. The normalized spacial score (nSPS) is 11.6. The van der Waals surface area contributed by atoms with Crippen LogP contribution in [0.2, 0.25) is 0 Å². The van der Waals surface area contributed by atoms with Crippen LogP contribution in [0.15, 0.2) is 53.1 Å². The highest BCUT2D eigenvalue weighted by molar-refractivity contribution is 5.87. The van der Waals surface area contributed by atoms with Gasteiger partial charge < -0.3 is 20.0 Å². The molecule has 25 heavy (non-hydrogen) atoms. The summed E-state index contributed by atoms with van der Waals surface area (Å²) in [5, 5.41) is 5.66. The molecule has 2 aromatic rings. The number of hydrogen-bond acceptors (Lipinski definition) is 3. The molecule has 6 heteroatoms. The first-order chi connectivity index (χ1) is 12.1. The van der Waals surface area contributed by atoms with Gasteiger partial charge in [0.15, 0.2) is 0 Å². The molecule has 134 valence electrons. The Bertz CT molecular complexity index is 652. The van der Waals surface area contributed by atoms with Crippen LogP contribution in [-0.2, 0) is 17.8 Å². The zero-order valence-corrected chi connectivity index (χ0v) is 14.7. The minimum atomic E-state index is -0.648. The Balaban J connectivity index is 2.04. The van der Waals surface area contributed by atoms with E-state index in [0.29, 0.717) is 25.3 Å². The van der Waals surface area contributed by atoms with Crippen molar-refractivity contribution < 1.29 is 14.0 Å². The summed E-state index contributed by atoms with van der Waals surface area (Å²) >= 11 is 0. The molecule has 0 saturated carbocycles. The fourth-order valence-electron chi connectivity index (χ4n) is 2.52. The van der Waals surface area contributed by atoms with Gasteiger partial charge in [-0.3, -0.25) is 4.79 Å². The van der Waals surface area contributed by atoms with Crippen LogP contribution >= 0.6 is 0 Å². The lowest BCUT2D eigenvalue weighted by molar-refractivity contribution is -0.123. The summed E-state index contributed by atoms with van der Waals surface area (Å²) in [6, 6.07) is 12.3. The molecule has 2 rings (SSSR count). The summed E-state index contributed by atoms with van der Waals surface area (Å²) in [6.07, 6.45) is 1.99. The first-order valence-electron chi connectivity index (χ1n) is 8.53. The maximum atomic E-state index is 12.6. The lowest BCUT2D eigenvalue weighted by Gasteiger charge is -2.24. The van der Waals surface area contributed by atoms with Crippen molar-refractivity contribution in [3.63, 3.8) is 0 Å². The van der Waals surface area contributed by atoms with Crippen molar-refractivity contribution in [2.24, 2.45) is 0 Å². The number of hydrogen-bond donors (Lipinski definition) is 2. The van der Waals surface area contributed by atoms with Crippen molar-refractivity contribution in [1.82, 2.24) is 15.5 Å². The van der Waals surface area contributed by atoms with Gasteiger partial charge in [0, 0.05) is 19.5 Å². The third-order valence-corrected chi connectivity index (χ3v) is 3.96. The first-order valence-corrected chi connectivity index (χ1v) is 8.53. The van der Waals surface area contributed by atoms with Gasteiger partial charge in [-0.2, -0.15) is 0 Å². The van der Waals surface area contributed by atoms with Crippen LogP contribution in [0.5, 0.6) is 0 Å². The summed E-state index contributed by atoms with van der Waals surface area (Å²) in [5.74, 6) is 0.433. The van der Waals surface area contributed by atoms with Gasteiger partial charge in [0.05, 0.1) is 12.8 Å². The Labute approximate surface area is 148 Å². The molecule has 0 saturated heterocycles. The quantitative estimate of drug-likeness (QED) is 0.773. The van der Waals surface area contributed by atoms with E-state index >= 15 is 0 Å². The molecule has 0 aliphatic heterocycles. The van der Waals surface area contributed by atoms with E-state index in [4.69, 9.17) is 4.42 Å². The number of benzene rings is 1. The van der Waals surface area contributed by atoms with E-state index in [1.54, 1.807) is 23.3 Å². The third-order valence-electron chi connectivity index (χ3n) is 3.96. The summed E-state index contributed by atoms with van der Waals surface area (Å²) in [4.78, 5) is 26.6. The number of carbonyl (C=O) groups is 2. The minimum Gasteiger partial charge on any atom is -0.467 e. The van der Waals surface area contributed by atoms with E-state index in [0.717, 1.165) is 5.56 Å². The molecule has 0 fully saturated rings. The van der Waals surface area contributed by atoms with Crippen molar-refractivity contribution in [2.45, 2.75) is 32.9 Å². The van der Waals surface area contributed by atoms with E-state index in [2.05, 4.69) is 10.6 Å². The lowest BCUT2D eigenvalue weighted by atomic mass is 10.1. The highest BCUT2D eigenvalue weighted by atomic mass is 16.3. The Morgan fingerprint density at radius 2 is 1.80 bits per heavy atom. The third kappa shape index (κ3) is 5.67. The van der Waals surface area contributed by atoms with Crippen molar-refractivity contribution >= 4 is 11.9 Å². The second kappa shape index (κ2) is 9.52. The number of amides is 3. The van der Waals surface area contributed by atoms with Gasteiger partial charge in [-0.25, -0.2) is 4.79 Å². The maximum absolute atomic E-state index is 12.6. The average molecular weight is 343 g/mol. The molecule has 0 unspecified atom stereocenters. The molecule has 1 aromatic carbocycles. The highest BCUT2D eigenvalue weighted by Crippen LogP contribution is 2.06. The second-order valence-corrected chi connectivity index (χ2v) is 5.66. The number of urea groups is 1. The maximum Gasteiger partial charge on any atom is 0.318 e. The summed E-state index contributed by atoms with van der Waals surface area (Å²) < 4.78 is 5.23. The van der Waals surface area contributed by atoms with E-state index in [9.17, 15) is 9.59 Å². The predicted octanol–water partition coefficient (Wildman–Crippen LogP) is 2.56. The molecule has 1 aromatic heterocycles. The van der Waals surface area contributed by atoms with Gasteiger partial charge in [-0.05, 0) is 31.5 Å². The lowest BCUT2D eigenvalue weighted by Crippen LogP contribution is -2.52. The largest absolute Gasteiger partial charge is 0.467 e. The number of furan rings is 1. The van der Waals surface area contributed by atoms with Gasteiger partial charge in [0.2, 0.25) is 5.91 Å². The zero-order chi connectivity index (χ0) is 18.1. The SMILES string of the molecule is CCN(CC)C(=O)N[C@@H](Cc1ccccc1)C(=O)NCc1ccco1. The van der Waals surface area contributed by atoms with Crippen molar-refractivity contribution in [1.29, 1.82) is 0 Å². The smallest absolute Gasteiger partial charge is 0.318 e. The molecule has 0 bridgehead atoms. The van der Waals surface area contributed by atoms with Gasteiger partial charge in [-0.15, -0.1) is 0 Å². The second-order valence-electron chi connectivity index (χ2n) is 5.66. The van der Waals surface area contributed by atoms with Gasteiger partial charge in [0.25, 0.3) is 0 Å². The molecular formula is C19H25N3O3. The Morgan fingerprint density at radius 1 is 1.08 bits per heavy atom. The molecule has 0 spiro atoms. The van der Waals surface area contributed by atoms with Gasteiger partial charge in [-0.1, -0.05) is 30.3 Å². The van der Waals surface area contributed by atoms with Crippen LogP contribution in [0.25, 0.3) is 0 Å².